The molecule has 0 amide bonds. The highest BCUT2D eigenvalue weighted by Gasteiger charge is 2.12. The molecule has 0 aliphatic rings. The first kappa shape index (κ1) is 17.9. The zero-order chi connectivity index (χ0) is 18.5. The SMILES string of the molecule is N#Cc1cnc2cnc(NCCCO)cc2c1Nc1ccc(F)c(Cl)c1. The average molecular weight is 372 g/mol. The molecular weight excluding hydrogens is 357 g/mol. The maximum absolute atomic E-state index is 13.4. The maximum Gasteiger partial charge on any atom is 0.141 e. The Morgan fingerprint density at radius 1 is 1.23 bits per heavy atom. The van der Waals surface area contributed by atoms with Gasteiger partial charge >= 0.3 is 0 Å². The molecule has 26 heavy (non-hydrogen) atoms. The number of aliphatic hydroxyl groups excluding tert-OH is 1. The zero-order valence-corrected chi connectivity index (χ0v) is 14.4. The van der Waals surface area contributed by atoms with E-state index >= 15 is 0 Å². The molecule has 0 saturated heterocycles. The lowest BCUT2D eigenvalue weighted by Crippen LogP contribution is -2.05. The highest BCUT2D eigenvalue weighted by molar-refractivity contribution is 6.31. The van der Waals surface area contributed by atoms with Crippen molar-refractivity contribution in [2.45, 2.75) is 6.42 Å². The van der Waals surface area contributed by atoms with E-state index in [1.165, 1.54) is 24.4 Å². The van der Waals surface area contributed by atoms with Crippen molar-refractivity contribution in [2.24, 2.45) is 0 Å². The smallest absolute Gasteiger partial charge is 0.141 e. The molecule has 0 bridgehead atoms. The van der Waals surface area contributed by atoms with Gasteiger partial charge in [-0.3, -0.25) is 4.98 Å². The lowest BCUT2D eigenvalue weighted by atomic mass is 10.1. The number of anilines is 3. The normalized spacial score (nSPS) is 10.5. The largest absolute Gasteiger partial charge is 0.396 e. The van der Waals surface area contributed by atoms with Crippen LogP contribution in [0.4, 0.5) is 21.6 Å². The van der Waals surface area contributed by atoms with Crippen LogP contribution >= 0.6 is 11.6 Å². The summed E-state index contributed by atoms with van der Waals surface area (Å²) in [6.07, 6.45) is 3.65. The first-order chi connectivity index (χ1) is 12.6. The van der Waals surface area contributed by atoms with Crippen molar-refractivity contribution in [3.63, 3.8) is 0 Å². The van der Waals surface area contributed by atoms with Gasteiger partial charge in [-0.15, -0.1) is 0 Å². The molecule has 6 nitrogen and oxygen atoms in total. The van der Waals surface area contributed by atoms with Crippen molar-refractivity contribution in [1.82, 2.24) is 9.97 Å². The highest BCUT2D eigenvalue weighted by atomic mass is 35.5. The van der Waals surface area contributed by atoms with Crippen LogP contribution in [0.3, 0.4) is 0 Å². The Labute approximate surface area is 154 Å². The number of aliphatic hydroxyl groups is 1. The van der Waals surface area contributed by atoms with Gasteiger partial charge in [0.05, 0.1) is 28.0 Å². The number of rotatable bonds is 6. The van der Waals surface area contributed by atoms with Gasteiger partial charge in [-0.1, -0.05) is 11.6 Å². The average Bonchev–Trinajstić information content (AvgIpc) is 2.65. The van der Waals surface area contributed by atoms with Gasteiger partial charge < -0.3 is 15.7 Å². The third kappa shape index (κ3) is 3.82. The van der Waals surface area contributed by atoms with Crippen LogP contribution in [-0.2, 0) is 0 Å². The van der Waals surface area contributed by atoms with Gasteiger partial charge in [0.15, 0.2) is 0 Å². The molecule has 1 aromatic carbocycles. The van der Waals surface area contributed by atoms with Crippen LogP contribution in [0.15, 0.2) is 36.7 Å². The van der Waals surface area contributed by atoms with Crippen molar-refractivity contribution in [2.75, 3.05) is 23.8 Å². The van der Waals surface area contributed by atoms with Crippen LogP contribution < -0.4 is 10.6 Å². The van der Waals surface area contributed by atoms with Crippen molar-refractivity contribution in [1.29, 1.82) is 5.26 Å². The number of fused-ring (bicyclic) bond motifs is 1. The van der Waals surface area contributed by atoms with Crippen LogP contribution in [0.2, 0.25) is 5.02 Å². The first-order valence-corrected chi connectivity index (χ1v) is 8.26. The van der Waals surface area contributed by atoms with Crippen molar-refractivity contribution >= 4 is 39.7 Å². The molecule has 2 aromatic heterocycles. The molecule has 3 aromatic rings. The molecule has 0 atom stereocenters. The molecule has 0 unspecified atom stereocenters. The number of nitrogens with one attached hydrogen (secondary N) is 2. The lowest BCUT2D eigenvalue weighted by molar-refractivity contribution is 0.292. The Morgan fingerprint density at radius 2 is 2.08 bits per heavy atom. The number of hydrogen-bond donors (Lipinski definition) is 3. The van der Waals surface area contributed by atoms with Crippen LogP contribution in [0.5, 0.6) is 0 Å². The fraction of sp³-hybridized carbons (Fsp3) is 0.167. The van der Waals surface area contributed by atoms with E-state index in [-0.39, 0.29) is 11.6 Å². The minimum Gasteiger partial charge on any atom is -0.396 e. The van der Waals surface area contributed by atoms with Gasteiger partial charge in [-0.05, 0) is 30.7 Å². The minimum atomic E-state index is -0.517. The molecule has 0 aliphatic heterocycles. The number of nitrogens with zero attached hydrogens (tertiary/aromatic N) is 3. The molecule has 0 radical (unpaired) electrons. The standard InChI is InChI=1S/C18H15ClFN5O/c19-14-6-12(2-3-15(14)20)25-18-11(8-21)9-23-16-10-24-17(7-13(16)18)22-4-1-5-26/h2-3,6-7,9-10,26H,1,4-5H2,(H,22,24)(H,23,25). The summed E-state index contributed by atoms with van der Waals surface area (Å²) < 4.78 is 13.4. The summed E-state index contributed by atoms with van der Waals surface area (Å²) >= 11 is 5.84. The van der Waals surface area contributed by atoms with Gasteiger partial charge in [0, 0.05) is 30.4 Å². The Bertz CT molecular complexity index is 989. The molecule has 0 spiro atoms. The molecule has 0 saturated carbocycles. The van der Waals surface area contributed by atoms with Crippen molar-refractivity contribution < 1.29 is 9.50 Å². The first-order valence-electron chi connectivity index (χ1n) is 7.88. The molecular formula is C18H15ClFN5O. The number of aromatic nitrogens is 2. The van der Waals surface area contributed by atoms with E-state index in [2.05, 4.69) is 26.7 Å². The summed E-state index contributed by atoms with van der Waals surface area (Å²) in [7, 11) is 0. The lowest BCUT2D eigenvalue weighted by Gasteiger charge is -2.13. The number of nitriles is 1. The van der Waals surface area contributed by atoms with E-state index in [0.717, 1.165) is 0 Å². The summed E-state index contributed by atoms with van der Waals surface area (Å²) in [5, 5.41) is 25.2. The Balaban J connectivity index is 2.03. The predicted molar refractivity (Wildman–Crippen MR) is 99.1 cm³/mol. The molecule has 3 rings (SSSR count). The fourth-order valence-electron chi connectivity index (χ4n) is 2.42. The van der Waals surface area contributed by atoms with Gasteiger partial charge in [-0.2, -0.15) is 5.26 Å². The summed E-state index contributed by atoms with van der Waals surface area (Å²) in [5.41, 5.74) is 2.03. The highest BCUT2D eigenvalue weighted by Crippen LogP contribution is 2.31. The number of benzene rings is 1. The minimum absolute atomic E-state index is 0.0140. The molecule has 132 valence electrons. The Kier molecular flexibility index (Phi) is 5.46. The van der Waals surface area contributed by atoms with Gasteiger partial charge in [0.25, 0.3) is 0 Å². The number of pyridine rings is 2. The van der Waals surface area contributed by atoms with E-state index in [1.807, 2.05) is 0 Å². The topological polar surface area (TPSA) is 93.9 Å². The molecule has 2 heterocycles. The number of halogens is 2. The monoisotopic (exact) mass is 371 g/mol. The van der Waals surface area contributed by atoms with E-state index in [9.17, 15) is 9.65 Å². The van der Waals surface area contributed by atoms with Crippen LogP contribution in [0, 0.1) is 17.1 Å². The van der Waals surface area contributed by atoms with E-state index < -0.39 is 5.82 Å². The fourth-order valence-corrected chi connectivity index (χ4v) is 2.61. The van der Waals surface area contributed by atoms with Crippen molar-refractivity contribution in [3.05, 3.63) is 53.1 Å². The Hall–Kier alpha value is -2.95. The van der Waals surface area contributed by atoms with Crippen molar-refractivity contribution in [3.8, 4) is 6.07 Å². The maximum atomic E-state index is 13.4. The summed E-state index contributed by atoms with van der Waals surface area (Å²) in [6, 6.07) is 8.11. The quantitative estimate of drug-likeness (QED) is 0.570. The predicted octanol–water partition coefficient (Wildman–Crippen LogP) is 3.83. The van der Waals surface area contributed by atoms with Crippen LogP contribution in [0.25, 0.3) is 10.9 Å². The second kappa shape index (κ2) is 7.95. The Morgan fingerprint density at radius 3 is 2.81 bits per heavy atom. The molecule has 0 fully saturated rings. The van der Waals surface area contributed by atoms with E-state index in [0.29, 0.717) is 46.6 Å². The van der Waals surface area contributed by atoms with E-state index in [4.69, 9.17) is 16.7 Å². The summed E-state index contributed by atoms with van der Waals surface area (Å²) in [5.74, 6) is 0.0832. The number of hydrogen-bond acceptors (Lipinski definition) is 6. The third-order valence-corrected chi connectivity index (χ3v) is 3.99. The molecule has 8 heteroatoms. The van der Waals surface area contributed by atoms with Gasteiger partial charge in [0.2, 0.25) is 0 Å². The summed E-state index contributed by atoms with van der Waals surface area (Å²) in [4.78, 5) is 8.52. The molecule has 3 N–H and O–H groups in total. The van der Waals surface area contributed by atoms with Crippen LogP contribution in [-0.4, -0.2) is 28.2 Å². The van der Waals surface area contributed by atoms with Gasteiger partial charge in [0.1, 0.15) is 17.7 Å². The molecule has 0 aliphatic carbocycles. The van der Waals surface area contributed by atoms with Crippen LogP contribution in [0.1, 0.15) is 12.0 Å². The van der Waals surface area contributed by atoms with E-state index in [1.54, 1.807) is 12.3 Å². The van der Waals surface area contributed by atoms with Gasteiger partial charge in [-0.25, -0.2) is 9.37 Å². The third-order valence-electron chi connectivity index (χ3n) is 3.70. The summed E-state index contributed by atoms with van der Waals surface area (Å²) in [6.45, 7) is 0.648. The second-order valence-electron chi connectivity index (χ2n) is 5.50. The second-order valence-corrected chi connectivity index (χ2v) is 5.91. The zero-order valence-electron chi connectivity index (χ0n) is 13.6.